The number of carbonyl (C=O) groups excluding carboxylic acids is 1. The van der Waals surface area contributed by atoms with Crippen molar-refractivity contribution in [3.8, 4) is 0 Å². The van der Waals surface area contributed by atoms with Gasteiger partial charge >= 0.3 is 0 Å². The highest BCUT2D eigenvalue weighted by Crippen LogP contribution is 2.31. The van der Waals surface area contributed by atoms with Crippen molar-refractivity contribution in [3.05, 3.63) is 34.3 Å². The van der Waals surface area contributed by atoms with Crippen LogP contribution in [0.3, 0.4) is 0 Å². The molecule has 1 saturated heterocycles. The van der Waals surface area contributed by atoms with Crippen LogP contribution in [-0.2, 0) is 9.53 Å². The normalized spacial score (nSPS) is 29.6. The Morgan fingerprint density at radius 3 is 2.86 bits per heavy atom. The molecule has 1 aliphatic heterocycles. The molecule has 3 atom stereocenters. The van der Waals surface area contributed by atoms with E-state index in [2.05, 4.69) is 15.9 Å². The van der Waals surface area contributed by atoms with Crippen LogP contribution in [0.15, 0.2) is 28.7 Å². The van der Waals surface area contributed by atoms with Crippen molar-refractivity contribution in [1.29, 1.82) is 0 Å². The number of nitrogens with two attached hydrogens (primary N) is 1. The molecule has 1 saturated carbocycles. The van der Waals surface area contributed by atoms with E-state index in [1.807, 2.05) is 29.2 Å². The number of nitrogens with zero attached hydrogens (tertiary/aromatic N) is 1. The number of carbonyl (C=O) groups is 1. The number of benzene rings is 1. The molecular formula is C16H21BrN2O2. The van der Waals surface area contributed by atoms with Crippen LogP contribution in [0.5, 0.6) is 0 Å². The van der Waals surface area contributed by atoms with Crippen molar-refractivity contribution < 1.29 is 9.53 Å². The summed E-state index contributed by atoms with van der Waals surface area (Å²) in [5.74, 6) is 0.211. The first kappa shape index (κ1) is 15.0. The van der Waals surface area contributed by atoms with Gasteiger partial charge in [0.2, 0.25) is 5.91 Å². The van der Waals surface area contributed by atoms with Gasteiger partial charge in [-0.05, 0) is 24.5 Å². The molecular weight excluding hydrogens is 332 g/mol. The highest BCUT2D eigenvalue weighted by molar-refractivity contribution is 9.10. The van der Waals surface area contributed by atoms with Gasteiger partial charge in [-0.25, -0.2) is 0 Å². The number of hydrogen-bond donors (Lipinski definition) is 1. The fraction of sp³-hybridized carbons (Fsp3) is 0.562. The smallest absolute Gasteiger partial charge is 0.227 e. The van der Waals surface area contributed by atoms with Gasteiger partial charge in [0.1, 0.15) is 6.10 Å². The highest BCUT2D eigenvalue weighted by atomic mass is 79.9. The standard InChI is InChI=1S/C16H21BrN2O2/c17-13-6-2-1-4-11(13)15-10-19(8-9-21-15)16(20)12-5-3-7-14(12)18/h1-2,4,6,12,14-15H,3,5,7-10,18H2/t12-,14+,15-/m0/s1. The lowest BCUT2D eigenvalue weighted by Crippen LogP contribution is -2.47. The first-order valence-electron chi connectivity index (χ1n) is 7.57. The Kier molecular flexibility index (Phi) is 4.62. The van der Waals surface area contributed by atoms with E-state index < -0.39 is 0 Å². The minimum Gasteiger partial charge on any atom is -0.370 e. The zero-order valence-corrected chi connectivity index (χ0v) is 13.6. The van der Waals surface area contributed by atoms with Crippen LogP contribution in [0, 0.1) is 5.92 Å². The van der Waals surface area contributed by atoms with Gasteiger partial charge in [-0.2, -0.15) is 0 Å². The van der Waals surface area contributed by atoms with Crippen molar-refractivity contribution in [2.24, 2.45) is 11.7 Å². The summed E-state index contributed by atoms with van der Waals surface area (Å²) in [5.41, 5.74) is 7.17. The van der Waals surface area contributed by atoms with Crippen molar-refractivity contribution in [2.75, 3.05) is 19.7 Å². The molecule has 2 aliphatic rings. The third kappa shape index (κ3) is 3.15. The van der Waals surface area contributed by atoms with Gasteiger partial charge in [0, 0.05) is 17.1 Å². The summed E-state index contributed by atoms with van der Waals surface area (Å²) >= 11 is 3.56. The van der Waals surface area contributed by atoms with Gasteiger partial charge in [-0.15, -0.1) is 0 Å². The second kappa shape index (κ2) is 6.46. The number of amides is 1. The fourth-order valence-corrected chi connectivity index (χ4v) is 3.84. The summed E-state index contributed by atoms with van der Waals surface area (Å²) in [6.07, 6.45) is 2.90. The molecule has 1 aliphatic carbocycles. The molecule has 2 N–H and O–H groups in total. The van der Waals surface area contributed by atoms with Crippen LogP contribution >= 0.6 is 15.9 Å². The van der Waals surface area contributed by atoms with E-state index in [4.69, 9.17) is 10.5 Å². The molecule has 0 unspecified atom stereocenters. The van der Waals surface area contributed by atoms with E-state index in [0.717, 1.165) is 29.3 Å². The molecule has 1 aromatic rings. The second-order valence-corrected chi connectivity index (χ2v) is 6.72. The Bertz CT molecular complexity index is 523. The zero-order valence-electron chi connectivity index (χ0n) is 12.0. The highest BCUT2D eigenvalue weighted by Gasteiger charge is 2.35. The van der Waals surface area contributed by atoms with Crippen molar-refractivity contribution in [3.63, 3.8) is 0 Å². The maximum atomic E-state index is 12.7. The lowest BCUT2D eigenvalue weighted by Gasteiger charge is -2.35. The van der Waals surface area contributed by atoms with Gasteiger partial charge < -0.3 is 15.4 Å². The first-order chi connectivity index (χ1) is 10.2. The van der Waals surface area contributed by atoms with E-state index in [9.17, 15) is 4.79 Å². The van der Waals surface area contributed by atoms with Crippen molar-refractivity contribution in [2.45, 2.75) is 31.4 Å². The van der Waals surface area contributed by atoms with E-state index >= 15 is 0 Å². The van der Waals surface area contributed by atoms with Crippen LogP contribution in [0.4, 0.5) is 0 Å². The fourth-order valence-electron chi connectivity index (χ4n) is 3.30. The summed E-state index contributed by atoms with van der Waals surface area (Å²) in [6, 6.07) is 8.06. The van der Waals surface area contributed by atoms with Crippen LogP contribution in [0.1, 0.15) is 30.9 Å². The Balaban J connectivity index is 1.71. The van der Waals surface area contributed by atoms with Crippen LogP contribution in [-0.4, -0.2) is 36.5 Å². The summed E-state index contributed by atoms with van der Waals surface area (Å²) in [4.78, 5) is 14.6. The molecule has 1 amide bonds. The maximum Gasteiger partial charge on any atom is 0.227 e. The molecule has 5 heteroatoms. The Morgan fingerprint density at radius 2 is 2.14 bits per heavy atom. The number of hydrogen-bond acceptors (Lipinski definition) is 3. The average Bonchev–Trinajstić information content (AvgIpc) is 2.93. The molecule has 1 heterocycles. The molecule has 114 valence electrons. The molecule has 2 fully saturated rings. The quantitative estimate of drug-likeness (QED) is 0.889. The molecule has 3 rings (SSSR count). The third-order valence-electron chi connectivity index (χ3n) is 4.52. The van der Waals surface area contributed by atoms with Gasteiger partial charge in [0.05, 0.1) is 19.1 Å². The van der Waals surface area contributed by atoms with Crippen molar-refractivity contribution >= 4 is 21.8 Å². The molecule has 1 aromatic carbocycles. The van der Waals surface area contributed by atoms with Crippen LogP contribution in [0.2, 0.25) is 0 Å². The topological polar surface area (TPSA) is 55.6 Å². The van der Waals surface area contributed by atoms with Gasteiger partial charge in [-0.1, -0.05) is 40.5 Å². The molecule has 0 spiro atoms. The maximum absolute atomic E-state index is 12.7. The lowest BCUT2D eigenvalue weighted by molar-refractivity contribution is -0.143. The average molecular weight is 353 g/mol. The predicted molar refractivity (Wildman–Crippen MR) is 84.7 cm³/mol. The largest absolute Gasteiger partial charge is 0.370 e. The minimum atomic E-state index is -0.0593. The van der Waals surface area contributed by atoms with Crippen LogP contribution < -0.4 is 5.73 Å². The van der Waals surface area contributed by atoms with Gasteiger partial charge in [0.25, 0.3) is 0 Å². The monoisotopic (exact) mass is 352 g/mol. The Labute approximate surface area is 133 Å². The molecule has 21 heavy (non-hydrogen) atoms. The first-order valence-corrected chi connectivity index (χ1v) is 8.36. The second-order valence-electron chi connectivity index (χ2n) is 5.87. The lowest BCUT2D eigenvalue weighted by atomic mass is 10.0. The zero-order chi connectivity index (χ0) is 14.8. The molecule has 0 radical (unpaired) electrons. The molecule has 4 nitrogen and oxygen atoms in total. The van der Waals surface area contributed by atoms with Crippen LogP contribution in [0.25, 0.3) is 0 Å². The van der Waals surface area contributed by atoms with E-state index in [-0.39, 0.29) is 24.0 Å². The number of ether oxygens (including phenoxy) is 1. The number of halogens is 1. The third-order valence-corrected chi connectivity index (χ3v) is 5.24. The molecule has 0 bridgehead atoms. The van der Waals surface area contributed by atoms with E-state index in [0.29, 0.717) is 19.7 Å². The Hall–Kier alpha value is -0.910. The number of rotatable bonds is 2. The van der Waals surface area contributed by atoms with E-state index in [1.54, 1.807) is 0 Å². The predicted octanol–water partition coefficient (Wildman–Crippen LogP) is 2.48. The Morgan fingerprint density at radius 1 is 1.33 bits per heavy atom. The summed E-state index contributed by atoms with van der Waals surface area (Å²) in [6.45, 7) is 1.87. The van der Waals surface area contributed by atoms with Gasteiger partial charge in [0.15, 0.2) is 0 Å². The minimum absolute atomic E-state index is 0.00274. The van der Waals surface area contributed by atoms with E-state index in [1.165, 1.54) is 0 Å². The van der Waals surface area contributed by atoms with Crippen molar-refractivity contribution in [1.82, 2.24) is 4.90 Å². The van der Waals surface area contributed by atoms with Gasteiger partial charge in [-0.3, -0.25) is 4.79 Å². The SMILES string of the molecule is N[C@@H]1CCC[C@@H]1C(=O)N1CCO[C@H](c2ccccc2Br)C1. The molecule has 0 aromatic heterocycles. The summed E-state index contributed by atoms with van der Waals surface area (Å²) in [5, 5.41) is 0. The summed E-state index contributed by atoms with van der Waals surface area (Å²) < 4.78 is 6.89. The summed E-state index contributed by atoms with van der Waals surface area (Å²) in [7, 11) is 0. The number of morpholine rings is 1.